The molecule has 1 aromatic carbocycles. The Morgan fingerprint density at radius 3 is 2.18 bits per heavy atom. The second-order valence-corrected chi connectivity index (χ2v) is 5.01. The molecule has 0 amide bonds. The van der Waals surface area contributed by atoms with Gasteiger partial charge in [-0.25, -0.2) is 0 Å². The van der Waals surface area contributed by atoms with Gasteiger partial charge in [0.1, 0.15) is 5.84 Å². The maximum absolute atomic E-state index is 7.34. The molecule has 0 aliphatic carbocycles. The molecule has 0 spiro atoms. The van der Waals surface area contributed by atoms with Crippen molar-refractivity contribution in [3.8, 4) is 0 Å². The average Bonchev–Trinajstić information content (AvgIpc) is 2.28. The van der Waals surface area contributed by atoms with Gasteiger partial charge in [-0.15, -0.1) is 0 Å². The molecule has 0 fully saturated rings. The molecule has 1 aromatic rings. The molecule has 3 N–H and O–H groups in total. The van der Waals surface area contributed by atoms with Crippen LogP contribution < -0.4 is 5.73 Å². The zero-order chi connectivity index (χ0) is 13.0. The van der Waals surface area contributed by atoms with Gasteiger partial charge in [0.25, 0.3) is 0 Å². The molecule has 1 rings (SSSR count). The minimum absolute atomic E-state index is 0.125. The van der Waals surface area contributed by atoms with Crippen LogP contribution in [0.15, 0.2) is 24.3 Å². The Hall–Kier alpha value is -1.35. The number of benzene rings is 1. The molecule has 0 aliphatic rings. The number of nitrogen functional groups attached to an aromatic ring is 1. The van der Waals surface area contributed by atoms with Crippen molar-refractivity contribution < 1.29 is 0 Å². The monoisotopic (exact) mass is 233 g/mol. The summed E-state index contributed by atoms with van der Waals surface area (Å²) < 4.78 is 0. The first kappa shape index (κ1) is 13.7. The molecule has 0 radical (unpaired) electrons. The van der Waals surface area contributed by atoms with Gasteiger partial charge in [-0.1, -0.05) is 38.1 Å². The molecule has 17 heavy (non-hydrogen) atoms. The van der Waals surface area contributed by atoms with Gasteiger partial charge in [0, 0.05) is 18.2 Å². The predicted molar refractivity (Wildman–Crippen MR) is 73.2 cm³/mol. The summed E-state index contributed by atoms with van der Waals surface area (Å²) in [5.74, 6) is 0.775. The van der Waals surface area contributed by atoms with Crippen LogP contribution in [-0.4, -0.2) is 23.8 Å². The lowest BCUT2D eigenvalue weighted by Gasteiger charge is -2.27. The summed E-state index contributed by atoms with van der Waals surface area (Å²) in [6, 6.07) is 8.46. The topological polar surface area (TPSA) is 53.1 Å². The van der Waals surface area contributed by atoms with Crippen LogP contribution >= 0.6 is 0 Å². The van der Waals surface area contributed by atoms with Crippen LogP contribution in [0.1, 0.15) is 31.9 Å². The van der Waals surface area contributed by atoms with E-state index in [1.165, 1.54) is 5.56 Å². The quantitative estimate of drug-likeness (QED) is 0.606. The lowest BCUT2D eigenvalue weighted by atomic mass is 10.0. The van der Waals surface area contributed by atoms with E-state index in [2.05, 4.69) is 32.7 Å². The standard InChI is InChI=1S/C14H23N3/c1-10(2)11(3)17(4)9-12-5-7-13(8-6-12)14(15)16/h5-8,10-11H,9H2,1-4H3,(H3,15,16). The molecule has 0 bridgehead atoms. The first-order chi connectivity index (χ1) is 7.91. The first-order valence-electron chi connectivity index (χ1n) is 6.05. The maximum atomic E-state index is 7.34. The summed E-state index contributed by atoms with van der Waals surface area (Å²) in [5, 5.41) is 7.34. The third-order valence-corrected chi connectivity index (χ3v) is 3.36. The summed E-state index contributed by atoms with van der Waals surface area (Å²) >= 11 is 0. The third kappa shape index (κ3) is 3.86. The normalized spacial score (nSPS) is 13.1. The van der Waals surface area contributed by atoms with Gasteiger partial charge in [-0.2, -0.15) is 0 Å². The number of nitrogens with one attached hydrogen (secondary N) is 1. The zero-order valence-corrected chi connectivity index (χ0v) is 11.2. The van der Waals surface area contributed by atoms with Crippen molar-refractivity contribution in [1.82, 2.24) is 4.90 Å². The molecule has 1 atom stereocenters. The molecule has 94 valence electrons. The predicted octanol–water partition coefficient (Wildman–Crippen LogP) is 2.45. The Morgan fingerprint density at radius 2 is 1.76 bits per heavy atom. The van der Waals surface area contributed by atoms with Crippen LogP contribution in [0.25, 0.3) is 0 Å². The highest BCUT2D eigenvalue weighted by atomic mass is 15.1. The van der Waals surface area contributed by atoms with Gasteiger partial charge in [-0.3, -0.25) is 10.3 Å². The maximum Gasteiger partial charge on any atom is 0.122 e. The summed E-state index contributed by atoms with van der Waals surface area (Å²) in [7, 11) is 2.14. The Morgan fingerprint density at radius 1 is 1.24 bits per heavy atom. The molecule has 0 saturated carbocycles. The fourth-order valence-corrected chi connectivity index (χ4v) is 1.73. The van der Waals surface area contributed by atoms with Crippen molar-refractivity contribution in [2.24, 2.45) is 11.7 Å². The zero-order valence-electron chi connectivity index (χ0n) is 11.2. The van der Waals surface area contributed by atoms with Gasteiger partial charge in [0.2, 0.25) is 0 Å². The van der Waals surface area contributed by atoms with Crippen LogP contribution in [-0.2, 0) is 6.54 Å². The van der Waals surface area contributed by atoms with Gasteiger partial charge >= 0.3 is 0 Å². The molecule has 0 aliphatic heterocycles. The summed E-state index contributed by atoms with van der Waals surface area (Å²) in [6.07, 6.45) is 0. The fraction of sp³-hybridized carbons (Fsp3) is 0.500. The third-order valence-electron chi connectivity index (χ3n) is 3.36. The van der Waals surface area contributed by atoms with Crippen LogP contribution in [0.2, 0.25) is 0 Å². The minimum atomic E-state index is 0.125. The summed E-state index contributed by atoms with van der Waals surface area (Å²) in [5.41, 5.74) is 7.47. The smallest absolute Gasteiger partial charge is 0.122 e. The van der Waals surface area contributed by atoms with E-state index in [4.69, 9.17) is 11.1 Å². The highest BCUT2D eigenvalue weighted by Gasteiger charge is 2.12. The van der Waals surface area contributed by atoms with Gasteiger partial charge in [0.05, 0.1) is 0 Å². The number of rotatable bonds is 5. The van der Waals surface area contributed by atoms with Crippen LogP contribution in [0.4, 0.5) is 0 Å². The minimum Gasteiger partial charge on any atom is -0.384 e. The highest BCUT2D eigenvalue weighted by Crippen LogP contribution is 2.12. The van der Waals surface area contributed by atoms with E-state index in [1.807, 2.05) is 24.3 Å². The Labute approximate surface area is 104 Å². The van der Waals surface area contributed by atoms with Gasteiger partial charge in [-0.05, 0) is 25.5 Å². The number of amidine groups is 1. The summed E-state index contributed by atoms with van der Waals surface area (Å²) in [4.78, 5) is 2.34. The number of hydrogen-bond donors (Lipinski definition) is 2. The van der Waals surface area contributed by atoms with Crippen LogP contribution in [0.3, 0.4) is 0 Å². The van der Waals surface area contributed by atoms with Crippen molar-refractivity contribution in [3.05, 3.63) is 35.4 Å². The van der Waals surface area contributed by atoms with Crippen molar-refractivity contribution in [2.75, 3.05) is 7.05 Å². The van der Waals surface area contributed by atoms with E-state index in [-0.39, 0.29) is 5.84 Å². The number of hydrogen-bond acceptors (Lipinski definition) is 2. The summed E-state index contributed by atoms with van der Waals surface area (Å²) in [6.45, 7) is 7.65. The molecular weight excluding hydrogens is 210 g/mol. The van der Waals surface area contributed by atoms with E-state index in [0.717, 1.165) is 12.1 Å². The van der Waals surface area contributed by atoms with Crippen molar-refractivity contribution in [1.29, 1.82) is 5.41 Å². The van der Waals surface area contributed by atoms with E-state index in [1.54, 1.807) is 0 Å². The van der Waals surface area contributed by atoms with Crippen molar-refractivity contribution >= 4 is 5.84 Å². The lowest BCUT2D eigenvalue weighted by Crippen LogP contribution is -2.32. The van der Waals surface area contributed by atoms with Gasteiger partial charge < -0.3 is 5.73 Å². The first-order valence-corrected chi connectivity index (χ1v) is 6.05. The molecule has 0 heterocycles. The molecule has 3 nitrogen and oxygen atoms in total. The Kier molecular flexibility index (Phi) is 4.70. The van der Waals surface area contributed by atoms with E-state index in [0.29, 0.717) is 12.0 Å². The van der Waals surface area contributed by atoms with E-state index < -0.39 is 0 Å². The highest BCUT2D eigenvalue weighted by molar-refractivity contribution is 5.94. The second kappa shape index (κ2) is 5.82. The van der Waals surface area contributed by atoms with E-state index in [9.17, 15) is 0 Å². The largest absolute Gasteiger partial charge is 0.384 e. The Bertz CT molecular complexity index is 368. The Balaban J connectivity index is 2.66. The molecule has 1 unspecified atom stereocenters. The number of nitrogens with two attached hydrogens (primary N) is 1. The lowest BCUT2D eigenvalue weighted by molar-refractivity contribution is 0.200. The molecule has 0 aromatic heterocycles. The van der Waals surface area contributed by atoms with Crippen LogP contribution in [0.5, 0.6) is 0 Å². The molecular formula is C14H23N3. The average molecular weight is 233 g/mol. The molecule has 0 saturated heterocycles. The SMILES string of the molecule is CC(C)C(C)N(C)Cc1ccc(C(=N)N)cc1. The van der Waals surface area contributed by atoms with E-state index >= 15 is 0 Å². The van der Waals surface area contributed by atoms with Crippen LogP contribution in [0, 0.1) is 11.3 Å². The second-order valence-electron chi connectivity index (χ2n) is 5.01. The van der Waals surface area contributed by atoms with Gasteiger partial charge in [0.15, 0.2) is 0 Å². The van der Waals surface area contributed by atoms with Crippen molar-refractivity contribution in [3.63, 3.8) is 0 Å². The fourth-order valence-electron chi connectivity index (χ4n) is 1.73. The number of nitrogens with zero attached hydrogens (tertiary/aromatic N) is 1. The van der Waals surface area contributed by atoms with Crippen molar-refractivity contribution in [2.45, 2.75) is 33.4 Å². The molecule has 3 heteroatoms.